The lowest BCUT2D eigenvalue weighted by Gasteiger charge is -2.24. The third-order valence-corrected chi connectivity index (χ3v) is 3.96. The molecule has 2 atom stereocenters. The van der Waals surface area contributed by atoms with E-state index < -0.39 is 5.60 Å². The SMILES string of the molecule is CCC(C)N(C)CCNC(=O)NCC(C)(O)c1ccc(C)o1. The molecule has 3 N–H and O–H groups in total. The third kappa shape index (κ3) is 5.69. The highest BCUT2D eigenvalue weighted by Crippen LogP contribution is 2.21. The predicted molar refractivity (Wildman–Crippen MR) is 86.8 cm³/mol. The lowest BCUT2D eigenvalue weighted by molar-refractivity contribution is 0.0359. The summed E-state index contributed by atoms with van der Waals surface area (Å²) in [5.41, 5.74) is -1.22. The first-order valence-corrected chi connectivity index (χ1v) is 7.77. The van der Waals surface area contributed by atoms with Crippen molar-refractivity contribution in [3.05, 3.63) is 23.7 Å². The van der Waals surface area contributed by atoms with Crippen LogP contribution in [0.1, 0.15) is 38.7 Å². The van der Waals surface area contributed by atoms with Crippen molar-refractivity contribution in [3.8, 4) is 0 Å². The van der Waals surface area contributed by atoms with E-state index in [-0.39, 0.29) is 12.6 Å². The number of urea groups is 1. The molecule has 0 aliphatic heterocycles. The molecular formula is C16H29N3O3. The molecule has 0 saturated heterocycles. The number of rotatable bonds is 8. The van der Waals surface area contributed by atoms with Crippen LogP contribution in [-0.4, -0.2) is 48.8 Å². The second-order valence-corrected chi connectivity index (χ2v) is 6.03. The van der Waals surface area contributed by atoms with Crippen molar-refractivity contribution in [2.45, 2.75) is 45.8 Å². The van der Waals surface area contributed by atoms with Crippen LogP contribution in [0.2, 0.25) is 0 Å². The average Bonchev–Trinajstić information content (AvgIpc) is 2.91. The first-order valence-electron chi connectivity index (χ1n) is 7.77. The van der Waals surface area contributed by atoms with Crippen LogP contribution in [0.15, 0.2) is 16.5 Å². The van der Waals surface area contributed by atoms with E-state index in [0.29, 0.717) is 18.3 Å². The number of hydrogen-bond donors (Lipinski definition) is 3. The van der Waals surface area contributed by atoms with Gasteiger partial charge in [0.2, 0.25) is 0 Å². The number of carbonyl (C=O) groups excluding carboxylic acids is 1. The van der Waals surface area contributed by atoms with E-state index in [1.165, 1.54) is 0 Å². The van der Waals surface area contributed by atoms with Gasteiger partial charge in [0.05, 0.1) is 6.54 Å². The van der Waals surface area contributed by atoms with Crippen molar-refractivity contribution in [2.24, 2.45) is 0 Å². The first-order chi connectivity index (χ1) is 10.3. The molecule has 2 unspecified atom stereocenters. The fourth-order valence-electron chi connectivity index (χ4n) is 2.00. The van der Waals surface area contributed by atoms with Gasteiger partial charge in [0, 0.05) is 19.1 Å². The minimum atomic E-state index is -1.22. The molecule has 0 fully saturated rings. The second kappa shape index (κ2) is 8.19. The van der Waals surface area contributed by atoms with Gasteiger partial charge in [-0.05, 0) is 46.4 Å². The molecule has 1 aromatic rings. The summed E-state index contributed by atoms with van der Waals surface area (Å²) < 4.78 is 5.40. The van der Waals surface area contributed by atoms with Crippen molar-refractivity contribution in [1.29, 1.82) is 0 Å². The fourth-order valence-corrected chi connectivity index (χ4v) is 2.00. The van der Waals surface area contributed by atoms with Gasteiger partial charge in [0.25, 0.3) is 0 Å². The van der Waals surface area contributed by atoms with E-state index in [9.17, 15) is 9.90 Å². The number of amides is 2. The van der Waals surface area contributed by atoms with Crippen molar-refractivity contribution in [2.75, 3.05) is 26.7 Å². The van der Waals surface area contributed by atoms with E-state index in [1.54, 1.807) is 19.1 Å². The summed E-state index contributed by atoms with van der Waals surface area (Å²) in [6.07, 6.45) is 1.08. The van der Waals surface area contributed by atoms with Crippen molar-refractivity contribution < 1.29 is 14.3 Å². The summed E-state index contributed by atoms with van der Waals surface area (Å²) in [6, 6.07) is 3.71. The summed E-state index contributed by atoms with van der Waals surface area (Å²) >= 11 is 0. The highest BCUT2D eigenvalue weighted by atomic mass is 16.4. The maximum absolute atomic E-state index is 11.8. The molecule has 1 rings (SSSR count). The van der Waals surface area contributed by atoms with Crippen LogP contribution in [0.25, 0.3) is 0 Å². The molecule has 6 heteroatoms. The van der Waals surface area contributed by atoms with Gasteiger partial charge in [0.15, 0.2) is 0 Å². The Morgan fingerprint density at radius 2 is 2.14 bits per heavy atom. The standard InChI is InChI=1S/C16H29N3O3/c1-6-12(2)19(5)10-9-17-15(20)18-11-16(4,21)14-8-7-13(3)22-14/h7-8,12,21H,6,9-11H2,1-5H3,(H2,17,18,20). The Labute approximate surface area is 132 Å². The van der Waals surface area contributed by atoms with Gasteiger partial charge in [-0.25, -0.2) is 4.79 Å². The molecule has 22 heavy (non-hydrogen) atoms. The molecule has 0 spiro atoms. The fraction of sp³-hybridized carbons (Fsp3) is 0.688. The van der Waals surface area contributed by atoms with Crippen molar-refractivity contribution in [1.82, 2.24) is 15.5 Å². The van der Waals surface area contributed by atoms with Crippen LogP contribution < -0.4 is 10.6 Å². The van der Waals surface area contributed by atoms with E-state index in [0.717, 1.165) is 18.7 Å². The highest BCUT2D eigenvalue weighted by Gasteiger charge is 2.27. The topological polar surface area (TPSA) is 77.7 Å². The number of carbonyl (C=O) groups is 1. The van der Waals surface area contributed by atoms with Crippen molar-refractivity contribution in [3.63, 3.8) is 0 Å². The quantitative estimate of drug-likeness (QED) is 0.684. The first kappa shape index (κ1) is 18.5. The van der Waals surface area contributed by atoms with Crippen molar-refractivity contribution >= 4 is 6.03 Å². The Kier molecular flexibility index (Phi) is 6.90. The summed E-state index contributed by atoms with van der Waals surface area (Å²) in [6.45, 7) is 9.16. The Bertz CT molecular complexity index is 471. The Morgan fingerprint density at radius 1 is 1.45 bits per heavy atom. The van der Waals surface area contributed by atoms with Crippen LogP contribution >= 0.6 is 0 Å². The number of furan rings is 1. The Balaban J connectivity index is 2.31. The normalized spacial score (nSPS) is 15.4. The van der Waals surface area contributed by atoms with Crippen LogP contribution in [0.3, 0.4) is 0 Å². The molecule has 1 heterocycles. The number of aliphatic hydroxyl groups is 1. The van der Waals surface area contributed by atoms with E-state index >= 15 is 0 Å². The largest absolute Gasteiger partial charge is 0.463 e. The van der Waals surface area contributed by atoms with Gasteiger partial charge < -0.3 is 25.1 Å². The van der Waals surface area contributed by atoms with E-state index in [2.05, 4.69) is 29.4 Å². The molecular weight excluding hydrogens is 282 g/mol. The van der Waals surface area contributed by atoms with Gasteiger partial charge in [-0.1, -0.05) is 6.92 Å². The molecule has 0 saturated carbocycles. The van der Waals surface area contributed by atoms with Crippen LogP contribution in [0.5, 0.6) is 0 Å². The summed E-state index contributed by atoms with van der Waals surface area (Å²) in [5.74, 6) is 1.18. The molecule has 0 aliphatic rings. The number of likely N-dealkylation sites (N-methyl/N-ethyl adjacent to an activating group) is 1. The van der Waals surface area contributed by atoms with Gasteiger partial charge in [-0.15, -0.1) is 0 Å². The number of aryl methyl sites for hydroxylation is 1. The zero-order valence-electron chi connectivity index (χ0n) is 14.3. The number of hydrogen-bond acceptors (Lipinski definition) is 4. The second-order valence-electron chi connectivity index (χ2n) is 6.03. The number of nitrogens with one attached hydrogen (secondary N) is 2. The predicted octanol–water partition coefficient (Wildman–Crippen LogP) is 1.83. The molecule has 1 aromatic heterocycles. The van der Waals surface area contributed by atoms with Crippen LogP contribution in [-0.2, 0) is 5.60 Å². The summed E-state index contributed by atoms with van der Waals surface area (Å²) in [4.78, 5) is 14.0. The number of nitrogens with zero attached hydrogens (tertiary/aromatic N) is 1. The van der Waals surface area contributed by atoms with E-state index in [4.69, 9.17) is 4.42 Å². The smallest absolute Gasteiger partial charge is 0.314 e. The zero-order chi connectivity index (χ0) is 16.8. The Hall–Kier alpha value is -1.53. The monoisotopic (exact) mass is 311 g/mol. The molecule has 2 amide bonds. The average molecular weight is 311 g/mol. The minimum Gasteiger partial charge on any atom is -0.463 e. The van der Waals surface area contributed by atoms with Gasteiger partial charge in [-0.3, -0.25) is 0 Å². The summed E-state index contributed by atoms with van der Waals surface area (Å²) in [7, 11) is 2.04. The Morgan fingerprint density at radius 3 is 2.68 bits per heavy atom. The van der Waals surface area contributed by atoms with E-state index in [1.807, 2.05) is 14.0 Å². The molecule has 0 radical (unpaired) electrons. The lowest BCUT2D eigenvalue weighted by Crippen LogP contribution is -2.45. The van der Waals surface area contributed by atoms with Gasteiger partial charge >= 0.3 is 6.03 Å². The maximum Gasteiger partial charge on any atom is 0.314 e. The third-order valence-electron chi connectivity index (χ3n) is 3.96. The maximum atomic E-state index is 11.8. The minimum absolute atomic E-state index is 0.0903. The molecule has 126 valence electrons. The molecule has 6 nitrogen and oxygen atoms in total. The molecule has 0 aromatic carbocycles. The van der Waals surface area contributed by atoms with Gasteiger partial charge in [-0.2, -0.15) is 0 Å². The van der Waals surface area contributed by atoms with Crippen LogP contribution in [0, 0.1) is 6.92 Å². The molecule has 0 aliphatic carbocycles. The highest BCUT2D eigenvalue weighted by molar-refractivity contribution is 5.73. The summed E-state index contributed by atoms with van der Waals surface area (Å²) in [5, 5.41) is 15.8. The van der Waals surface area contributed by atoms with Gasteiger partial charge in [0.1, 0.15) is 17.1 Å². The van der Waals surface area contributed by atoms with Crippen LogP contribution in [0.4, 0.5) is 4.79 Å². The zero-order valence-corrected chi connectivity index (χ0v) is 14.3. The molecule has 0 bridgehead atoms. The lowest BCUT2D eigenvalue weighted by atomic mass is 10.0.